The zero-order valence-electron chi connectivity index (χ0n) is 19.8. The number of halogens is 2. The van der Waals surface area contributed by atoms with Gasteiger partial charge in [-0.15, -0.1) is 0 Å². The number of hydrogen-bond acceptors (Lipinski definition) is 5. The predicted octanol–water partition coefficient (Wildman–Crippen LogP) is 6.84. The first-order valence-corrected chi connectivity index (χ1v) is 13.5. The Balaban J connectivity index is 1.22. The zero-order valence-corrected chi connectivity index (χ0v) is 22.8. The highest BCUT2D eigenvalue weighted by Crippen LogP contribution is 2.33. The normalized spacial score (nSPS) is 14.4. The minimum absolute atomic E-state index is 0.217. The van der Waals surface area contributed by atoms with E-state index in [2.05, 4.69) is 52.2 Å². The van der Waals surface area contributed by atoms with Crippen molar-refractivity contribution in [2.24, 2.45) is 0 Å². The molecule has 1 aliphatic rings. The fourth-order valence-electron chi connectivity index (χ4n) is 3.91. The third kappa shape index (κ3) is 6.05. The SMILES string of the molecule is O=C(CN1C(=O)S/C(=C/c2ccc(OCc3ccc4ccccc4c3)c(I)c2)C1=O)Nc1cccc(F)c1. The molecule has 4 aromatic carbocycles. The molecule has 1 heterocycles. The largest absolute Gasteiger partial charge is 0.488 e. The van der Waals surface area contributed by atoms with Gasteiger partial charge in [-0.05, 0) is 98.7 Å². The summed E-state index contributed by atoms with van der Waals surface area (Å²) in [5, 5.41) is 4.28. The summed E-state index contributed by atoms with van der Waals surface area (Å²) in [4.78, 5) is 38.6. The van der Waals surface area contributed by atoms with Crippen LogP contribution in [0.15, 0.2) is 89.8 Å². The number of carbonyl (C=O) groups excluding carboxylic acids is 3. The van der Waals surface area contributed by atoms with Crippen LogP contribution in [0.5, 0.6) is 5.75 Å². The summed E-state index contributed by atoms with van der Waals surface area (Å²) >= 11 is 2.94. The van der Waals surface area contributed by atoms with Gasteiger partial charge in [-0.1, -0.05) is 48.5 Å². The van der Waals surface area contributed by atoms with Gasteiger partial charge in [0.15, 0.2) is 0 Å². The Labute approximate surface area is 236 Å². The molecule has 190 valence electrons. The van der Waals surface area contributed by atoms with Gasteiger partial charge in [0.05, 0.1) is 8.48 Å². The number of thioether (sulfide) groups is 1. The molecular formula is C29H20FIN2O4S. The van der Waals surface area contributed by atoms with Gasteiger partial charge in [-0.2, -0.15) is 0 Å². The Bertz CT molecular complexity index is 1610. The van der Waals surface area contributed by atoms with Crippen LogP contribution in [-0.2, 0) is 16.2 Å². The first-order valence-electron chi connectivity index (χ1n) is 11.6. The first-order chi connectivity index (χ1) is 18.4. The van der Waals surface area contributed by atoms with Crippen molar-refractivity contribution < 1.29 is 23.5 Å². The van der Waals surface area contributed by atoms with Crippen LogP contribution in [0.2, 0.25) is 0 Å². The van der Waals surface area contributed by atoms with Crippen molar-refractivity contribution >= 4 is 73.9 Å². The number of fused-ring (bicyclic) bond motifs is 1. The molecule has 9 heteroatoms. The van der Waals surface area contributed by atoms with Crippen LogP contribution >= 0.6 is 34.4 Å². The quantitative estimate of drug-likeness (QED) is 0.177. The second kappa shape index (κ2) is 11.4. The highest BCUT2D eigenvalue weighted by molar-refractivity contribution is 14.1. The molecule has 1 saturated heterocycles. The van der Waals surface area contributed by atoms with Crippen LogP contribution in [0.25, 0.3) is 16.8 Å². The first kappa shape index (κ1) is 25.9. The van der Waals surface area contributed by atoms with Gasteiger partial charge in [0.1, 0.15) is 24.7 Å². The molecule has 6 nitrogen and oxygen atoms in total. The Morgan fingerprint density at radius 3 is 2.58 bits per heavy atom. The monoisotopic (exact) mass is 638 g/mol. The number of anilines is 1. The topological polar surface area (TPSA) is 75.7 Å². The van der Waals surface area contributed by atoms with Crippen LogP contribution in [0, 0.1) is 9.39 Å². The molecule has 0 aromatic heterocycles. The Morgan fingerprint density at radius 2 is 1.79 bits per heavy atom. The lowest BCUT2D eigenvalue weighted by Gasteiger charge is -2.12. The maximum absolute atomic E-state index is 13.3. The van der Waals surface area contributed by atoms with Crippen LogP contribution < -0.4 is 10.1 Å². The number of nitrogens with one attached hydrogen (secondary N) is 1. The van der Waals surface area contributed by atoms with Crippen molar-refractivity contribution in [1.82, 2.24) is 4.90 Å². The smallest absolute Gasteiger partial charge is 0.294 e. The van der Waals surface area contributed by atoms with Crippen LogP contribution in [0.1, 0.15) is 11.1 Å². The molecule has 0 radical (unpaired) electrons. The van der Waals surface area contributed by atoms with E-state index in [4.69, 9.17) is 4.74 Å². The van der Waals surface area contributed by atoms with Crippen molar-refractivity contribution in [3.8, 4) is 5.75 Å². The van der Waals surface area contributed by atoms with E-state index in [0.29, 0.717) is 12.4 Å². The van der Waals surface area contributed by atoms with Gasteiger partial charge in [0.25, 0.3) is 11.1 Å². The number of ether oxygens (including phenoxy) is 1. The Hall–Kier alpha value is -3.70. The van der Waals surface area contributed by atoms with E-state index in [0.717, 1.165) is 42.8 Å². The van der Waals surface area contributed by atoms with Gasteiger partial charge >= 0.3 is 0 Å². The highest BCUT2D eigenvalue weighted by Gasteiger charge is 2.36. The molecule has 0 saturated carbocycles. The number of imide groups is 1. The summed E-state index contributed by atoms with van der Waals surface area (Å²) in [6.07, 6.45) is 1.62. The van der Waals surface area contributed by atoms with Crippen LogP contribution in [0.3, 0.4) is 0 Å². The molecule has 0 atom stereocenters. The molecule has 1 N–H and O–H groups in total. The lowest BCUT2D eigenvalue weighted by atomic mass is 10.1. The molecule has 5 rings (SSSR count). The molecular weight excluding hydrogens is 618 g/mol. The number of hydrogen-bond donors (Lipinski definition) is 1. The lowest BCUT2D eigenvalue weighted by Crippen LogP contribution is -2.36. The molecule has 1 aliphatic heterocycles. The summed E-state index contributed by atoms with van der Waals surface area (Å²) in [5.41, 5.74) is 2.02. The van der Waals surface area contributed by atoms with Crippen LogP contribution in [0.4, 0.5) is 14.9 Å². The maximum atomic E-state index is 13.3. The van der Waals surface area contributed by atoms with E-state index in [1.54, 1.807) is 6.08 Å². The van der Waals surface area contributed by atoms with Gasteiger partial charge in [0, 0.05) is 5.69 Å². The van der Waals surface area contributed by atoms with Crippen molar-refractivity contribution in [3.05, 3.63) is 110 Å². The van der Waals surface area contributed by atoms with E-state index in [1.807, 2.05) is 36.4 Å². The zero-order chi connectivity index (χ0) is 26.6. The lowest BCUT2D eigenvalue weighted by molar-refractivity contribution is -0.127. The van der Waals surface area contributed by atoms with Crippen molar-refractivity contribution in [1.29, 1.82) is 0 Å². The predicted molar refractivity (Wildman–Crippen MR) is 155 cm³/mol. The molecule has 0 spiro atoms. The van der Waals surface area contributed by atoms with E-state index in [1.165, 1.54) is 23.6 Å². The third-order valence-corrected chi connectivity index (χ3v) is 7.50. The number of nitrogens with zero attached hydrogens (tertiary/aromatic N) is 1. The molecule has 1 fully saturated rings. The molecule has 38 heavy (non-hydrogen) atoms. The number of benzene rings is 4. The van der Waals surface area contributed by atoms with E-state index >= 15 is 0 Å². The van der Waals surface area contributed by atoms with E-state index in [9.17, 15) is 18.8 Å². The standard InChI is InChI=1S/C29H20FIN2O4S/c30-22-6-3-7-23(15-22)32-27(34)16-33-28(35)26(38-29(33)36)14-18-9-11-25(24(31)13-18)37-17-19-8-10-20-4-1-2-5-21(20)12-19/h1-15H,16-17H2,(H,32,34)/b26-14+. The number of carbonyl (C=O) groups is 3. The van der Waals surface area contributed by atoms with Gasteiger partial charge in [-0.25, -0.2) is 4.39 Å². The molecule has 4 aromatic rings. The number of rotatable bonds is 7. The van der Waals surface area contributed by atoms with E-state index < -0.39 is 29.4 Å². The fraction of sp³-hybridized carbons (Fsp3) is 0.0690. The number of amides is 3. The van der Waals surface area contributed by atoms with Gasteiger partial charge in [-0.3, -0.25) is 19.3 Å². The summed E-state index contributed by atoms with van der Waals surface area (Å²) in [6, 6.07) is 25.2. The Morgan fingerprint density at radius 1 is 0.974 bits per heavy atom. The minimum Gasteiger partial charge on any atom is -0.488 e. The van der Waals surface area contributed by atoms with Crippen LogP contribution in [-0.4, -0.2) is 28.5 Å². The van der Waals surface area contributed by atoms with Gasteiger partial charge < -0.3 is 10.1 Å². The minimum atomic E-state index is -0.596. The molecule has 0 bridgehead atoms. The summed E-state index contributed by atoms with van der Waals surface area (Å²) in [7, 11) is 0. The summed E-state index contributed by atoms with van der Waals surface area (Å²) in [6.45, 7) is -0.0473. The highest BCUT2D eigenvalue weighted by atomic mass is 127. The van der Waals surface area contributed by atoms with E-state index in [-0.39, 0.29) is 10.6 Å². The second-order valence-electron chi connectivity index (χ2n) is 8.49. The average molecular weight is 638 g/mol. The van der Waals surface area contributed by atoms with Crippen molar-refractivity contribution in [3.63, 3.8) is 0 Å². The third-order valence-electron chi connectivity index (χ3n) is 5.75. The average Bonchev–Trinajstić information content (AvgIpc) is 3.15. The molecule has 0 unspecified atom stereocenters. The van der Waals surface area contributed by atoms with Crippen molar-refractivity contribution in [2.75, 3.05) is 11.9 Å². The molecule has 0 aliphatic carbocycles. The molecule has 3 amide bonds. The Kier molecular flexibility index (Phi) is 7.75. The van der Waals surface area contributed by atoms with Gasteiger partial charge in [0.2, 0.25) is 5.91 Å². The fourth-order valence-corrected chi connectivity index (χ4v) is 5.44. The van der Waals surface area contributed by atoms with Crippen molar-refractivity contribution in [2.45, 2.75) is 6.61 Å². The summed E-state index contributed by atoms with van der Waals surface area (Å²) in [5.74, 6) is -0.947. The summed E-state index contributed by atoms with van der Waals surface area (Å²) < 4.78 is 20.2. The maximum Gasteiger partial charge on any atom is 0.294 e. The second-order valence-corrected chi connectivity index (χ2v) is 10.6.